The van der Waals surface area contributed by atoms with Crippen molar-refractivity contribution in [1.82, 2.24) is 5.32 Å². The fraction of sp³-hybridized carbons (Fsp3) is 0.400. The molecule has 0 amide bonds. The second-order valence-corrected chi connectivity index (χ2v) is 13.7. The third kappa shape index (κ3) is 4.99. The van der Waals surface area contributed by atoms with Gasteiger partial charge in [-0.1, -0.05) is 71.7 Å². The number of halogens is 2. The van der Waals surface area contributed by atoms with Gasteiger partial charge in [0.05, 0.1) is 0 Å². The van der Waals surface area contributed by atoms with Crippen LogP contribution >= 0.6 is 31.9 Å². The topological polar surface area (TPSA) is 55.4 Å². The highest BCUT2D eigenvalue weighted by molar-refractivity contribution is 9.10. The van der Waals surface area contributed by atoms with Crippen molar-refractivity contribution in [2.45, 2.75) is 65.9 Å². The van der Waals surface area contributed by atoms with Crippen molar-refractivity contribution in [3.8, 4) is 5.75 Å². The Labute approximate surface area is 229 Å². The average molecular weight is 613 g/mol. The molecule has 2 aliphatic carbocycles. The van der Waals surface area contributed by atoms with Gasteiger partial charge in [0.25, 0.3) is 0 Å². The summed E-state index contributed by atoms with van der Waals surface area (Å²) in [5, 5.41) is 3.59. The van der Waals surface area contributed by atoms with Gasteiger partial charge < -0.3 is 10.1 Å². The Hall–Kier alpha value is -2.18. The molecule has 0 saturated carbocycles. The minimum absolute atomic E-state index is 0.113. The van der Waals surface area contributed by atoms with Gasteiger partial charge in [0.2, 0.25) is 0 Å². The van der Waals surface area contributed by atoms with Crippen molar-refractivity contribution >= 4 is 43.4 Å². The largest absolute Gasteiger partial charge is 0.489 e. The molecule has 5 rings (SSSR count). The van der Waals surface area contributed by atoms with Crippen LogP contribution in [0, 0.1) is 10.8 Å². The molecule has 36 heavy (non-hydrogen) atoms. The highest BCUT2D eigenvalue weighted by atomic mass is 79.9. The third-order valence-electron chi connectivity index (χ3n) is 7.31. The van der Waals surface area contributed by atoms with Crippen LogP contribution in [-0.2, 0) is 16.2 Å². The molecule has 1 heterocycles. The van der Waals surface area contributed by atoms with Gasteiger partial charge in [0.15, 0.2) is 11.6 Å². The Balaban J connectivity index is 1.63. The normalized spacial score (nSPS) is 21.2. The molecule has 0 aromatic heterocycles. The molecule has 0 saturated heterocycles. The van der Waals surface area contributed by atoms with Crippen LogP contribution in [0.25, 0.3) is 0 Å². The highest BCUT2D eigenvalue weighted by Gasteiger charge is 2.47. The van der Waals surface area contributed by atoms with E-state index >= 15 is 0 Å². The third-order valence-corrected chi connectivity index (χ3v) is 8.33. The first-order valence-electron chi connectivity index (χ1n) is 12.4. The fourth-order valence-electron chi connectivity index (χ4n) is 5.82. The maximum absolute atomic E-state index is 13.7. The summed E-state index contributed by atoms with van der Waals surface area (Å²) < 4.78 is 8.27. The molecule has 0 bridgehead atoms. The molecule has 3 aliphatic rings. The lowest BCUT2D eigenvalue weighted by molar-refractivity contribution is -0.119. The van der Waals surface area contributed by atoms with Crippen molar-refractivity contribution in [2.75, 3.05) is 0 Å². The van der Waals surface area contributed by atoms with Gasteiger partial charge in [-0.25, -0.2) is 0 Å². The van der Waals surface area contributed by atoms with Crippen molar-refractivity contribution in [3.05, 3.63) is 85.1 Å². The van der Waals surface area contributed by atoms with E-state index in [-0.39, 0.29) is 22.4 Å². The van der Waals surface area contributed by atoms with E-state index in [4.69, 9.17) is 4.74 Å². The molecule has 2 aromatic rings. The minimum Gasteiger partial charge on any atom is -0.489 e. The molecular formula is C30H31Br2NO3. The average Bonchev–Trinajstić information content (AvgIpc) is 2.76. The molecule has 6 heteroatoms. The molecule has 0 fully saturated rings. The van der Waals surface area contributed by atoms with Crippen LogP contribution < -0.4 is 10.1 Å². The Morgan fingerprint density at radius 2 is 1.33 bits per heavy atom. The number of hydrogen-bond donors (Lipinski definition) is 1. The number of dihydropyridines is 1. The van der Waals surface area contributed by atoms with Crippen LogP contribution in [0.2, 0.25) is 0 Å². The predicted molar refractivity (Wildman–Crippen MR) is 149 cm³/mol. The van der Waals surface area contributed by atoms with E-state index in [0.717, 1.165) is 55.5 Å². The molecule has 0 radical (unpaired) electrons. The van der Waals surface area contributed by atoms with E-state index in [1.54, 1.807) is 0 Å². The number of nitrogens with one attached hydrogen (secondary N) is 1. The van der Waals surface area contributed by atoms with E-state index in [9.17, 15) is 9.59 Å². The van der Waals surface area contributed by atoms with Gasteiger partial charge >= 0.3 is 0 Å². The summed E-state index contributed by atoms with van der Waals surface area (Å²) in [6.45, 7) is 8.94. The summed E-state index contributed by atoms with van der Waals surface area (Å²) in [4.78, 5) is 27.3. The maximum Gasteiger partial charge on any atom is 0.162 e. The molecule has 1 aliphatic heterocycles. The summed E-state index contributed by atoms with van der Waals surface area (Å²) >= 11 is 7.11. The van der Waals surface area contributed by atoms with Gasteiger partial charge in [-0.2, -0.15) is 0 Å². The molecule has 0 spiro atoms. The van der Waals surface area contributed by atoms with E-state index in [1.807, 2.05) is 42.5 Å². The van der Waals surface area contributed by atoms with Crippen molar-refractivity contribution in [3.63, 3.8) is 0 Å². The second kappa shape index (κ2) is 9.29. The molecule has 0 unspecified atom stereocenters. The number of ketones is 2. The number of carbonyl (C=O) groups is 2. The summed E-state index contributed by atoms with van der Waals surface area (Å²) in [5.41, 5.74) is 5.04. The van der Waals surface area contributed by atoms with E-state index in [1.165, 1.54) is 0 Å². The standard InChI is InChI=1S/C30H31Br2NO3/c1-29(2)12-21-27(23(34)14-29)26(28-22(33-21)13-30(3,4)15-24(28)35)20-11-19(32)9-10-25(20)36-16-17-5-7-18(31)8-6-17/h5-11,26,33H,12-16H2,1-4H3. The highest BCUT2D eigenvalue weighted by Crippen LogP contribution is 2.52. The monoisotopic (exact) mass is 611 g/mol. The van der Waals surface area contributed by atoms with Crippen LogP contribution in [0.5, 0.6) is 5.75 Å². The van der Waals surface area contributed by atoms with Gasteiger partial charge in [-0.3, -0.25) is 9.59 Å². The zero-order valence-corrected chi connectivity index (χ0v) is 24.3. The zero-order chi connectivity index (χ0) is 25.8. The fourth-order valence-corrected chi connectivity index (χ4v) is 6.46. The Morgan fingerprint density at radius 1 is 0.806 bits per heavy atom. The van der Waals surface area contributed by atoms with Crippen molar-refractivity contribution in [1.29, 1.82) is 0 Å². The van der Waals surface area contributed by atoms with Gasteiger partial charge in [0.1, 0.15) is 12.4 Å². The second-order valence-electron chi connectivity index (χ2n) is 11.8. The number of Topliss-reactive ketones (excluding diaryl/α,β-unsaturated/α-hetero) is 2. The first kappa shape index (κ1) is 25.5. The number of hydrogen-bond acceptors (Lipinski definition) is 4. The number of rotatable bonds is 4. The maximum atomic E-state index is 13.7. The van der Waals surface area contributed by atoms with Crippen LogP contribution in [0.1, 0.15) is 70.4 Å². The summed E-state index contributed by atoms with van der Waals surface area (Å²) in [7, 11) is 0. The first-order chi connectivity index (χ1) is 16.9. The SMILES string of the molecule is CC1(C)CC(=O)C2=C(C1)NC1=C(C(=O)CC(C)(C)C1)C2c1cc(Br)ccc1OCc1ccc(Br)cc1. The molecular weight excluding hydrogens is 582 g/mol. The molecule has 0 atom stereocenters. The Bertz CT molecular complexity index is 1270. The number of carbonyl (C=O) groups excluding carboxylic acids is 2. The van der Waals surface area contributed by atoms with E-state index in [0.29, 0.717) is 25.2 Å². The number of benzene rings is 2. The lowest BCUT2D eigenvalue weighted by Crippen LogP contribution is -2.42. The summed E-state index contributed by atoms with van der Waals surface area (Å²) in [5.74, 6) is 0.492. The lowest BCUT2D eigenvalue weighted by atomic mass is 9.64. The number of allylic oxidation sites excluding steroid dienone is 4. The van der Waals surface area contributed by atoms with Crippen LogP contribution in [0.3, 0.4) is 0 Å². The van der Waals surface area contributed by atoms with Gasteiger partial charge in [-0.15, -0.1) is 0 Å². The predicted octanol–water partition coefficient (Wildman–Crippen LogP) is 7.76. The van der Waals surface area contributed by atoms with E-state index < -0.39 is 5.92 Å². The van der Waals surface area contributed by atoms with Crippen LogP contribution in [0.4, 0.5) is 0 Å². The van der Waals surface area contributed by atoms with Gasteiger partial charge in [-0.05, 0) is 59.6 Å². The van der Waals surface area contributed by atoms with Crippen LogP contribution in [0.15, 0.2) is 74.0 Å². The molecule has 1 N–H and O–H groups in total. The Kier molecular flexibility index (Phi) is 6.57. The smallest absolute Gasteiger partial charge is 0.162 e. The molecule has 2 aromatic carbocycles. The van der Waals surface area contributed by atoms with Crippen LogP contribution in [-0.4, -0.2) is 11.6 Å². The van der Waals surface area contributed by atoms with Gasteiger partial charge in [0, 0.05) is 55.8 Å². The summed E-state index contributed by atoms with van der Waals surface area (Å²) in [6, 6.07) is 13.9. The first-order valence-corrected chi connectivity index (χ1v) is 14.0. The number of ether oxygens (including phenoxy) is 1. The quantitative estimate of drug-likeness (QED) is 0.383. The molecule has 4 nitrogen and oxygen atoms in total. The van der Waals surface area contributed by atoms with Crippen molar-refractivity contribution in [2.24, 2.45) is 10.8 Å². The lowest BCUT2D eigenvalue weighted by Gasteiger charge is -2.44. The minimum atomic E-state index is -0.430. The zero-order valence-electron chi connectivity index (χ0n) is 21.1. The van der Waals surface area contributed by atoms with Crippen molar-refractivity contribution < 1.29 is 14.3 Å². The molecule has 188 valence electrons. The Morgan fingerprint density at radius 3 is 1.89 bits per heavy atom. The van der Waals surface area contributed by atoms with E-state index in [2.05, 4.69) is 64.9 Å². The summed E-state index contributed by atoms with van der Waals surface area (Å²) in [6.07, 6.45) is 2.49.